The Hall–Kier alpha value is -2.86. The summed E-state index contributed by atoms with van der Waals surface area (Å²) in [7, 11) is 1.65. The van der Waals surface area contributed by atoms with Crippen LogP contribution in [-0.4, -0.2) is 34.4 Å². The van der Waals surface area contributed by atoms with Gasteiger partial charge in [0.1, 0.15) is 11.6 Å². The molecule has 1 amide bonds. The first-order chi connectivity index (χ1) is 13.8. The van der Waals surface area contributed by atoms with E-state index in [1.807, 2.05) is 39.0 Å². The molecule has 6 nitrogen and oxygen atoms in total. The van der Waals surface area contributed by atoms with E-state index in [-0.39, 0.29) is 30.5 Å². The predicted molar refractivity (Wildman–Crippen MR) is 115 cm³/mol. The third kappa shape index (κ3) is 4.77. The van der Waals surface area contributed by atoms with Crippen molar-refractivity contribution >= 4 is 28.4 Å². The van der Waals surface area contributed by atoms with Gasteiger partial charge in [-0.05, 0) is 48.2 Å². The van der Waals surface area contributed by atoms with Crippen molar-refractivity contribution in [3.05, 3.63) is 68.7 Å². The maximum atomic E-state index is 12.6. The Morgan fingerprint density at radius 3 is 2.72 bits per heavy atom. The number of H-pyrrole nitrogens is 1. The van der Waals surface area contributed by atoms with Crippen LogP contribution in [0.25, 0.3) is 10.9 Å². The van der Waals surface area contributed by atoms with Crippen LogP contribution in [0.3, 0.4) is 0 Å². The van der Waals surface area contributed by atoms with Gasteiger partial charge in [0, 0.05) is 12.1 Å². The zero-order valence-corrected chi connectivity index (χ0v) is 17.7. The number of amides is 1. The minimum absolute atomic E-state index is 0.116. The number of fused-ring (bicyclic) bond motifs is 1. The molecule has 1 aromatic heterocycles. The number of halogens is 1. The van der Waals surface area contributed by atoms with Gasteiger partial charge in [0.05, 0.1) is 17.4 Å². The van der Waals surface area contributed by atoms with Crippen molar-refractivity contribution in [1.29, 1.82) is 0 Å². The lowest BCUT2D eigenvalue weighted by Gasteiger charge is -2.19. The number of aryl methyl sites for hydroxylation is 1. The number of hydrogen-bond donors (Lipinski definition) is 1. The molecule has 0 saturated carbocycles. The molecular weight excluding hydrogens is 390 g/mol. The second-order valence-electron chi connectivity index (χ2n) is 7.36. The van der Waals surface area contributed by atoms with E-state index >= 15 is 0 Å². The Kier molecular flexibility index (Phi) is 6.23. The van der Waals surface area contributed by atoms with E-state index in [4.69, 9.17) is 16.3 Å². The van der Waals surface area contributed by atoms with E-state index in [2.05, 4.69) is 9.97 Å². The van der Waals surface area contributed by atoms with Crippen LogP contribution in [0.4, 0.5) is 0 Å². The number of nitrogens with zero attached hydrogens (tertiary/aromatic N) is 2. The molecular formula is C22H24ClN3O3. The topological polar surface area (TPSA) is 75.3 Å². The molecule has 0 unspecified atom stereocenters. The summed E-state index contributed by atoms with van der Waals surface area (Å²) in [5.74, 6) is 1.07. The minimum atomic E-state index is -0.221. The highest BCUT2D eigenvalue weighted by Crippen LogP contribution is 2.32. The lowest BCUT2D eigenvalue weighted by molar-refractivity contribution is -0.132. The first-order valence-corrected chi connectivity index (χ1v) is 9.78. The van der Waals surface area contributed by atoms with Crippen LogP contribution in [-0.2, 0) is 11.3 Å². The third-order valence-electron chi connectivity index (χ3n) is 4.74. The Morgan fingerprint density at radius 2 is 2.00 bits per heavy atom. The molecule has 1 heterocycles. The van der Waals surface area contributed by atoms with Crippen LogP contribution in [0.2, 0.25) is 5.02 Å². The zero-order chi connectivity index (χ0) is 21.1. The zero-order valence-electron chi connectivity index (χ0n) is 17.0. The molecule has 0 radical (unpaired) electrons. The van der Waals surface area contributed by atoms with Gasteiger partial charge in [-0.2, -0.15) is 0 Å². The molecule has 1 N–H and O–H groups in total. The number of aromatic amines is 1. The highest BCUT2D eigenvalue weighted by Gasteiger charge is 2.16. The van der Waals surface area contributed by atoms with Crippen molar-refractivity contribution in [2.45, 2.75) is 33.2 Å². The Balaban J connectivity index is 1.71. The second-order valence-corrected chi connectivity index (χ2v) is 7.77. The fraction of sp³-hybridized carbons (Fsp3) is 0.318. The van der Waals surface area contributed by atoms with Gasteiger partial charge in [0.2, 0.25) is 0 Å². The molecule has 3 aromatic rings. The summed E-state index contributed by atoms with van der Waals surface area (Å²) in [6.07, 6.45) is 0. The van der Waals surface area contributed by atoms with Crippen molar-refractivity contribution < 1.29 is 9.53 Å². The molecule has 29 heavy (non-hydrogen) atoms. The molecule has 0 aliphatic carbocycles. The number of likely N-dealkylation sites (N-methyl/N-ethyl adjacent to an activating group) is 1. The molecule has 7 heteroatoms. The van der Waals surface area contributed by atoms with Crippen LogP contribution in [0, 0.1) is 6.92 Å². The van der Waals surface area contributed by atoms with Gasteiger partial charge in [-0.1, -0.05) is 37.6 Å². The van der Waals surface area contributed by atoms with Crippen LogP contribution in [0.1, 0.15) is 36.7 Å². The summed E-state index contributed by atoms with van der Waals surface area (Å²) >= 11 is 6.22. The highest BCUT2D eigenvalue weighted by atomic mass is 35.5. The fourth-order valence-electron chi connectivity index (χ4n) is 3.02. The highest BCUT2D eigenvalue weighted by molar-refractivity contribution is 6.31. The number of aromatic nitrogens is 2. The normalized spacial score (nSPS) is 11.1. The van der Waals surface area contributed by atoms with Gasteiger partial charge in [0.25, 0.3) is 11.5 Å². The first kappa shape index (κ1) is 20.9. The predicted octanol–water partition coefficient (Wildman–Crippen LogP) is 4.05. The molecule has 0 bridgehead atoms. The quantitative estimate of drug-likeness (QED) is 0.661. The number of ether oxygens (including phenoxy) is 1. The second kappa shape index (κ2) is 8.66. The number of carbonyl (C=O) groups excluding carboxylic acids is 1. The van der Waals surface area contributed by atoms with E-state index in [1.54, 1.807) is 25.2 Å². The molecule has 0 saturated heterocycles. The lowest BCUT2D eigenvalue weighted by atomic mass is 10.0. The Morgan fingerprint density at radius 1 is 1.28 bits per heavy atom. The maximum Gasteiger partial charge on any atom is 0.260 e. The summed E-state index contributed by atoms with van der Waals surface area (Å²) in [6, 6.07) is 10.8. The number of rotatable bonds is 6. The number of benzene rings is 2. The molecule has 0 aliphatic heterocycles. The van der Waals surface area contributed by atoms with E-state index in [9.17, 15) is 9.59 Å². The van der Waals surface area contributed by atoms with Gasteiger partial charge >= 0.3 is 0 Å². The van der Waals surface area contributed by atoms with E-state index in [1.165, 1.54) is 4.90 Å². The first-order valence-electron chi connectivity index (χ1n) is 9.41. The van der Waals surface area contributed by atoms with Crippen LogP contribution in [0.15, 0.2) is 41.2 Å². The van der Waals surface area contributed by atoms with Gasteiger partial charge in [-0.25, -0.2) is 4.98 Å². The SMILES string of the molecule is Cc1cc(OCC(=O)N(C)Cc2nc3ccccc3c(=O)[nH]2)c(C(C)C)cc1Cl. The average molecular weight is 414 g/mol. The van der Waals surface area contributed by atoms with Crippen molar-refractivity contribution in [1.82, 2.24) is 14.9 Å². The van der Waals surface area contributed by atoms with Gasteiger partial charge in [0.15, 0.2) is 6.61 Å². The van der Waals surface area contributed by atoms with Crippen LogP contribution < -0.4 is 10.3 Å². The largest absolute Gasteiger partial charge is 0.483 e. The molecule has 0 spiro atoms. The summed E-state index contributed by atoms with van der Waals surface area (Å²) in [5.41, 5.74) is 2.23. The fourth-order valence-corrected chi connectivity index (χ4v) is 3.19. The summed E-state index contributed by atoms with van der Waals surface area (Å²) in [4.78, 5) is 33.4. The van der Waals surface area contributed by atoms with Crippen molar-refractivity contribution in [3.8, 4) is 5.75 Å². The number of hydrogen-bond acceptors (Lipinski definition) is 4. The van der Waals surface area contributed by atoms with E-state index in [0.717, 1.165) is 11.1 Å². The summed E-state index contributed by atoms with van der Waals surface area (Å²) in [5, 5.41) is 1.20. The molecule has 152 valence electrons. The third-order valence-corrected chi connectivity index (χ3v) is 5.15. The van der Waals surface area contributed by atoms with Crippen molar-refractivity contribution in [2.24, 2.45) is 0 Å². The number of nitrogens with one attached hydrogen (secondary N) is 1. The molecule has 3 rings (SSSR count). The van der Waals surface area contributed by atoms with E-state index in [0.29, 0.717) is 27.5 Å². The van der Waals surface area contributed by atoms with Gasteiger partial charge in [-0.3, -0.25) is 9.59 Å². The molecule has 2 aromatic carbocycles. The lowest BCUT2D eigenvalue weighted by Crippen LogP contribution is -2.32. The number of para-hydroxylation sites is 1. The van der Waals surface area contributed by atoms with Crippen molar-refractivity contribution in [3.63, 3.8) is 0 Å². The van der Waals surface area contributed by atoms with Crippen molar-refractivity contribution in [2.75, 3.05) is 13.7 Å². The average Bonchev–Trinajstić information content (AvgIpc) is 2.68. The number of carbonyl (C=O) groups is 1. The molecule has 0 atom stereocenters. The smallest absolute Gasteiger partial charge is 0.260 e. The molecule has 0 aliphatic rings. The standard InChI is InChI=1S/C22H24ClN3O3/c1-13(2)16-10-17(23)14(3)9-19(16)29-12-21(27)26(4)11-20-24-18-8-6-5-7-15(18)22(28)25-20/h5-10,13H,11-12H2,1-4H3,(H,24,25,28). The summed E-state index contributed by atoms with van der Waals surface area (Å²) < 4.78 is 5.81. The Bertz CT molecular complexity index is 1110. The monoisotopic (exact) mass is 413 g/mol. The summed E-state index contributed by atoms with van der Waals surface area (Å²) in [6.45, 7) is 6.05. The minimum Gasteiger partial charge on any atom is -0.483 e. The van der Waals surface area contributed by atoms with Crippen LogP contribution in [0.5, 0.6) is 5.75 Å². The van der Waals surface area contributed by atoms with Crippen LogP contribution >= 0.6 is 11.6 Å². The molecule has 0 fully saturated rings. The van der Waals surface area contributed by atoms with E-state index < -0.39 is 0 Å². The van der Waals surface area contributed by atoms with Gasteiger partial charge < -0.3 is 14.6 Å². The Labute approximate surface area is 174 Å². The van der Waals surface area contributed by atoms with Gasteiger partial charge in [-0.15, -0.1) is 0 Å². The maximum absolute atomic E-state index is 12.6.